The van der Waals surface area contributed by atoms with E-state index in [1.54, 1.807) is 0 Å². The maximum Gasteiger partial charge on any atom is 0.0205 e. The smallest absolute Gasteiger partial charge is 0.0205 e. The number of hydrogen-bond donors (Lipinski definition) is 1. The quantitative estimate of drug-likeness (QED) is 0.796. The minimum atomic E-state index is 0.742. The van der Waals surface area contributed by atoms with Crippen LogP contribution in [0.1, 0.15) is 37.5 Å². The van der Waals surface area contributed by atoms with E-state index < -0.39 is 0 Å². The lowest BCUT2D eigenvalue weighted by molar-refractivity contribution is 0.392. The fraction of sp³-hybridized carbons (Fsp3) is 0.600. The number of rotatable bonds is 5. The van der Waals surface area contributed by atoms with Crippen molar-refractivity contribution in [3.8, 4) is 0 Å². The molecule has 1 aromatic rings. The molecule has 0 aromatic heterocycles. The Morgan fingerprint density at radius 2 is 1.75 bits per heavy atom. The Balaban J connectivity index is 2.40. The van der Waals surface area contributed by atoms with Crippen molar-refractivity contribution in [3.63, 3.8) is 0 Å². The zero-order chi connectivity index (χ0) is 12.1. The molecule has 0 radical (unpaired) electrons. The van der Waals surface area contributed by atoms with Crippen molar-refractivity contribution in [2.75, 3.05) is 6.54 Å². The molecule has 0 saturated carbocycles. The summed E-state index contributed by atoms with van der Waals surface area (Å²) in [6, 6.07) is 6.70. The summed E-state index contributed by atoms with van der Waals surface area (Å²) in [6.45, 7) is 13.3. The Bertz CT molecular complexity index is 328. The van der Waals surface area contributed by atoms with Gasteiger partial charge in [0.1, 0.15) is 0 Å². The Kier molecular flexibility index (Phi) is 5.01. The van der Waals surface area contributed by atoms with Crippen molar-refractivity contribution in [1.82, 2.24) is 5.32 Å². The normalized spacial score (nSPS) is 13.1. The summed E-state index contributed by atoms with van der Waals surface area (Å²) in [5.74, 6) is 1.50. The van der Waals surface area contributed by atoms with Gasteiger partial charge in [-0.3, -0.25) is 0 Å². The molecule has 0 aliphatic carbocycles. The van der Waals surface area contributed by atoms with Gasteiger partial charge in [0.05, 0.1) is 0 Å². The first-order chi connectivity index (χ1) is 7.50. The molecule has 1 aromatic carbocycles. The molecule has 0 heterocycles. The molecule has 1 nitrogen and oxygen atoms in total. The molecule has 0 amide bonds. The van der Waals surface area contributed by atoms with Gasteiger partial charge in [0.15, 0.2) is 0 Å². The van der Waals surface area contributed by atoms with Gasteiger partial charge < -0.3 is 5.32 Å². The van der Waals surface area contributed by atoms with Gasteiger partial charge in [-0.2, -0.15) is 0 Å². The van der Waals surface area contributed by atoms with Crippen molar-refractivity contribution in [2.45, 2.75) is 41.2 Å². The summed E-state index contributed by atoms with van der Waals surface area (Å²) in [5.41, 5.74) is 4.15. The van der Waals surface area contributed by atoms with Crippen LogP contribution in [-0.2, 0) is 6.54 Å². The van der Waals surface area contributed by atoms with Gasteiger partial charge in [0, 0.05) is 6.54 Å². The highest BCUT2D eigenvalue weighted by Gasteiger charge is 2.05. The summed E-state index contributed by atoms with van der Waals surface area (Å²) >= 11 is 0. The van der Waals surface area contributed by atoms with Crippen molar-refractivity contribution >= 4 is 0 Å². The van der Waals surface area contributed by atoms with Crippen LogP contribution < -0.4 is 5.32 Å². The molecular formula is C15H25N. The first-order valence-corrected chi connectivity index (χ1v) is 6.27. The molecule has 0 aliphatic rings. The summed E-state index contributed by atoms with van der Waals surface area (Å²) in [7, 11) is 0. The fourth-order valence-corrected chi connectivity index (χ4v) is 1.59. The van der Waals surface area contributed by atoms with Gasteiger partial charge in [-0.05, 0) is 48.9 Å². The molecule has 0 saturated heterocycles. The summed E-state index contributed by atoms with van der Waals surface area (Å²) in [6.07, 6.45) is 0. The van der Waals surface area contributed by atoms with Crippen molar-refractivity contribution in [3.05, 3.63) is 34.9 Å². The second kappa shape index (κ2) is 6.05. The molecule has 0 spiro atoms. The number of hydrogen-bond acceptors (Lipinski definition) is 1. The van der Waals surface area contributed by atoms with E-state index in [0.29, 0.717) is 0 Å². The first-order valence-electron chi connectivity index (χ1n) is 6.27. The second-order valence-electron chi connectivity index (χ2n) is 5.27. The standard InChI is InChI=1S/C15H25N/c1-11(2)14(5)9-16-10-15-7-6-12(3)13(4)8-15/h6-8,11,14,16H,9-10H2,1-5H3/t14-/m1/s1. The minimum absolute atomic E-state index is 0.742. The lowest BCUT2D eigenvalue weighted by Gasteiger charge is -2.16. The Hall–Kier alpha value is -0.820. The van der Waals surface area contributed by atoms with Crippen LogP contribution in [0.4, 0.5) is 0 Å². The first kappa shape index (κ1) is 13.2. The number of nitrogens with one attached hydrogen (secondary N) is 1. The molecule has 0 unspecified atom stereocenters. The van der Waals surface area contributed by atoms with Crippen LogP contribution in [-0.4, -0.2) is 6.54 Å². The van der Waals surface area contributed by atoms with E-state index in [2.05, 4.69) is 58.1 Å². The van der Waals surface area contributed by atoms with Crippen LogP contribution in [0, 0.1) is 25.7 Å². The molecule has 16 heavy (non-hydrogen) atoms. The van der Waals surface area contributed by atoms with E-state index in [-0.39, 0.29) is 0 Å². The summed E-state index contributed by atoms with van der Waals surface area (Å²) in [4.78, 5) is 0. The highest BCUT2D eigenvalue weighted by Crippen LogP contribution is 2.11. The maximum absolute atomic E-state index is 3.53. The predicted molar refractivity (Wildman–Crippen MR) is 71.6 cm³/mol. The topological polar surface area (TPSA) is 12.0 Å². The maximum atomic E-state index is 3.53. The molecule has 0 aliphatic heterocycles. The zero-order valence-corrected chi connectivity index (χ0v) is 11.3. The molecule has 1 atom stereocenters. The monoisotopic (exact) mass is 219 g/mol. The Morgan fingerprint density at radius 3 is 2.31 bits per heavy atom. The molecule has 90 valence electrons. The molecule has 0 bridgehead atoms. The van der Waals surface area contributed by atoms with Crippen molar-refractivity contribution in [1.29, 1.82) is 0 Å². The minimum Gasteiger partial charge on any atom is -0.312 e. The lowest BCUT2D eigenvalue weighted by atomic mass is 9.98. The number of aryl methyl sites for hydroxylation is 2. The Labute approximate surface area is 100 Å². The Morgan fingerprint density at radius 1 is 1.06 bits per heavy atom. The largest absolute Gasteiger partial charge is 0.312 e. The predicted octanol–water partition coefficient (Wildman–Crippen LogP) is 3.69. The molecule has 1 rings (SSSR count). The fourth-order valence-electron chi connectivity index (χ4n) is 1.59. The average molecular weight is 219 g/mol. The third-order valence-corrected chi connectivity index (χ3v) is 3.50. The van der Waals surface area contributed by atoms with Gasteiger partial charge in [-0.1, -0.05) is 39.0 Å². The molecule has 1 N–H and O–H groups in total. The van der Waals surface area contributed by atoms with Gasteiger partial charge in [0.25, 0.3) is 0 Å². The van der Waals surface area contributed by atoms with Crippen molar-refractivity contribution in [2.24, 2.45) is 11.8 Å². The average Bonchev–Trinajstić information content (AvgIpc) is 2.23. The molecular weight excluding hydrogens is 194 g/mol. The van der Waals surface area contributed by atoms with E-state index in [9.17, 15) is 0 Å². The van der Waals surface area contributed by atoms with Crippen LogP contribution in [0.25, 0.3) is 0 Å². The highest BCUT2D eigenvalue weighted by atomic mass is 14.9. The molecule has 0 fully saturated rings. The van der Waals surface area contributed by atoms with Crippen LogP contribution in [0.2, 0.25) is 0 Å². The van der Waals surface area contributed by atoms with Crippen LogP contribution >= 0.6 is 0 Å². The van der Waals surface area contributed by atoms with Crippen LogP contribution in [0.3, 0.4) is 0 Å². The van der Waals surface area contributed by atoms with E-state index >= 15 is 0 Å². The third-order valence-electron chi connectivity index (χ3n) is 3.50. The van der Waals surface area contributed by atoms with Crippen LogP contribution in [0.15, 0.2) is 18.2 Å². The van der Waals surface area contributed by atoms with Gasteiger partial charge in [-0.25, -0.2) is 0 Å². The van der Waals surface area contributed by atoms with Crippen molar-refractivity contribution < 1.29 is 0 Å². The third kappa shape index (κ3) is 3.97. The van der Waals surface area contributed by atoms with Gasteiger partial charge in [0.2, 0.25) is 0 Å². The second-order valence-corrected chi connectivity index (χ2v) is 5.27. The SMILES string of the molecule is Cc1ccc(CNC[C@@H](C)C(C)C)cc1C. The lowest BCUT2D eigenvalue weighted by Crippen LogP contribution is -2.23. The highest BCUT2D eigenvalue weighted by molar-refractivity contribution is 5.29. The van der Waals surface area contributed by atoms with E-state index in [0.717, 1.165) is 24.9 Å². The van der Waals surface area contributed by atoms with E-state index in [1.807, 2.05) is 0 Å². The van der Waals surface area contributed by atoms with E-state index in [4.69, 9.17) is 0 Å². The zero-order valence-electron chi connectivity index (χ0n) is 11.3. The molecule has 1 heteroatoms. The summed E-state index contributed by atoms with van der Waals surface area (Å²) < 4.78 is 0. The summed E-state index contributed by atoms with van der Waals surface area (Å²) in [5, 5.41) is 3.53. The van der Waals surface area contributed by atoms with Gasteiger partial charge >= 0.3 is 0 Å². The van der Waals surface area contributed by atoms with Crippen LogP contribution in [0.5, 0.6) is 0 Å². The number of benzene rings is 1. The van der Waals surface area contributed by atoms with Gasteiger partial charge in [-0.15, -0.1) is 0 Å². The van der Waals surface area contributed by atoms with E-state index in [1.165, 1.54) is 16.7 Å².